The van der Waals surface area contributed by atoms with Crippen molar-refractivity contribution >= 4 is 11.9 Å². The van der Waals surface area contributed by atoms with Gasteiger partial charge >= 0.3 is 11.9 Å². The minimum Gasteiger partial charge on any atom is -0.277 e. The van der Waals surface area contributed by atoms with E-state index in [2.05, 4.69) is 13.8 Å². The van der Waals surface area contributed by atoms with Gasteiger partial charge in [-0.3, -0.25) is 9.68 Å². The number of nitrogens with zero attached hydrogens (tertiary/aromatic N) is 2. The Bertz CT molecular complexity index is 492. The number of piperidine rings is 2. The maximum absolute atomic E-state index is 12.2. The van der Waals surface area contributed by atoms with Gasteiger partial charge in [0.05, 0.1) is 12.8 Å². The molecule has 0 bridgehead atoms. The van der Waals surface area contributed by atoms with Crippen LogP contribution in [0.2, 0.25) is 0 Å². The summed E-state index contributed by atoms with van der Waals surface area (Å²) in [5.41, 5.74) is 0. The predicted molar refractivity (Wildman–Crippen MR) is 127 cm³/mol. The van der Waals surface area contributed by atoms with E-state index in [0.29, 0.717) is 22.1 Å². The fraction of sp³-hybridized carbons (Fsp3) is 0.923. The van der Waals surface area contributed by atoms with E-state index in [1.165, 1.54) is 64.2 Å². The van der Waals surface area contributed by atoms with Gasteiger partial charge in [0.1, 0.15) is 39.3 Å². The molecule has 2 rings (SSSR count). The molecular formula is C26H50N2O4+2. The molecule has 0 aromatic carbocycles. The number of carbonyl (C=O) groups excluding carboxylic acids is 2. The van der Waals surface area contributed by atoms with Crippen LogP contribution in [0.15, 0.2) is 0 Å². The van der Waals surface area contributed by atoms with Crippen molar-refractivity contribution in [1.82, 2.24) is 0 Å². The van der Waals surface area contributed by atoms with Crippen LogP contribution in [0.25, 0.3) is 0 Å². The normalized spacial score (nSPS) is 19.9. The average molecular weight is 455 g/mol. The SMILES string of the molecule is CC[N+]1(OC(=O)CCCCCCCCCCC(=O)O[N+]2(CC)CCCCC2)CCCCC1. The summed E-state index contributed by atoms with van der Waals surface area (Å²) in [7, 11) is 0. The van der Waals surface area contributed by atoms with Crippen molar-refractivity contribution in [1.29, 1.82) is 0 Å². The van der Waals surface area contributed by atoms with Gasteiger partial charge in [0.15, 0.2) is 0 Å². The summed E-state index contributed by atoms with van der Waals surface area (Å²) < 4.78 is 1.09. The van der Waals surface area contributed by atoms with Crippen LogP contribution in [0, 0.1) is 0 Å². The second-order valence-corrected chi connectivity index (χ2v) is 10.0. The largest absolute Gasteiger partial charge is 0.366 e. The number of hydroxylamine groups is 6. The van der Waals surface area contributed by atoms with Crippen molar-refractivity contribution in [2.45, 2.75) is 117 Å². The molecule has 0 radical (unpaired) electrons. The molecule has 0 unspecified atom stereocenters. The number of carbonyl (C=O) groups is 2. The molecule has 0 aromatic heterocycles. The number of rotatable bonds is 15. The van der Waals surface area contributed by atoms with Crippen LogP contribution in [0.4, 0.5) is 0 Å². The van der Waals surface area contributed by atoms with Gasteiger partial charge in [-0.1, -0.05) is 38.5 Å². The lowest BCUT2D eigenvalue weighted by Gasteiger charge is -2.36. The highest BCUT2D eigenvalue weighted by atomic mass is 16.7. The summed E-state index contributed by atoms with van der Waals surface area (Å²) >= 11 is 0. The fourth-order valence-electron chi connectivity index (χ4n) is 5.24. The molecule has 2 heterocycles. The molecule has 6 nitrogen and oxygen atoms in total. The Kier molecular flexibility index (Phi) is 12.6. The molecule has 0 atom stereocenters. The Morgan fingerprint density at radius 1 is 0.531 bits per heavy atom. The molecule has 32 heavy (non-hydrogen) atoms. The molecule has 0 aromatic rings. The first-order chi connectivity index (χ1) is 15.5. The Hall–Kier alpha value is -1.14. The van der Waals surface area contributed by atoms with E-state index < -0.39 is 0 Å². The van der Waals surface area contributed by atoms with E-state index in [-0.39, 0.29) is 11.9 Å². The van der Waals surface area contributed by atoms with E-state index >= 15 is 0 Å². The Morgan fingerprint density at radius 2 is 0.844 bits per heavy atom. The molecule has 0 N–H and O–H groups in total. The summed E-state index contributed by atoms with van der Waals surface area (Å²) in [6.45, 7) is 9.97. The Morgan fingerprint density at radius 3 is 1.16 bits per heavy atom. The van der Waals surface area contributed by atoms with Gasteiger partial charge in [-0.2, -0.15) is 0 Å². The minimum absolute atomic E-state index is 0.0164. The third kappa shape index (κ3) is 9.78. The third-order valence-electron chi connectivity index (χ3n) is 7.52. The van der Waals surface area contributed by atoms with Gasteiger partial charge < -0.3 is 0 Å². The van der Waals surface area contributed by atoms with Crippen LogP contribution < -0.4 is 0 Å². The van der Waals surface area contributed by atoms with Crippen molar-refractivity contribution in [2.24, 2.45) is 0 Å². The lowest BCUT2D eigenvalue weighted by molar-refractivity contribution is -1.09. The monoisotopic (exact) mass is 454 g/mol. The molecule has 2 aliphatic rings. The molecule has 6 heteroatoms. The fourth-order valence-corrected chi connectivity index (χ4v) is 5.24. The predicted octanol–water partition coefficient (Wildman–Crippen LogP) is 5.85. The minimum atomic E-state index is -0.0164. The van der Waals surface area contributed by atoms with Crippen molar-refractivity contribution in [2.75, 3.05) is 39.3 Å². The van der Waals surface area contributed by atoms with Crippen molar-refractivity contribution in [3.05, 3.63) is 0 Å². The molecule has 0 aliphatic carbocycles. The van der Waals surface area contributed by atoms with Crippen LogP contribution >= 0.6 is 0 Å². The zero-order chi connectivity index (χ0) is 23.1. The van der Waals surface area contributed by atoms with E-state index in [1.54, 1.807) is 0 Å². The molecule has 2 saturated heterocycles. The highest BCUT2D eigenvalue weighted by molar-refractivity contribution is 5.68. The summed E-state index contributed by atoms with van der Waals surface area (Å²) in [6.07, 6.45) is 17.2. The van der Waals surface area contributed by atoms with Gasteiger partial charge in [-0.15, -0.1) is 9.29 Å². The van der Waals surface area contributed by atoms with E-state index in [1.807, 2.05) is 0 Å². The summed E-state index contributed by atoms with van der Waals surface area (Å²) in [6, 6.07) is 0. The van der Waals surface area contributed by atoms with Crippen LogP contribution in [0.5, 0.6) is 0 Å². The lowest BCUT2D eigenvalue weighted by Crippen LogP contribution is -2.52. The Balaban J connectivity index is 1.42. The number of quaternary nitrogens is 2. The average Bonchev–Trinajstić information content (AvgIpc) is 2.81. The van der Waals surface area contributed by atoms with Crippen LogP contribution in [-0.4, -0.2) is 60.5 Å². The summed E-state index contributed by atoms with van der Waals surface area (Å²) in [5.74, 6) is -0.0327. The lowest BCUT2D eigenvalue weighted by atomic mass is 10.1. The molecule has 2 aliphatic heterocycles. The highest BCUT2D eigenvalue weighted by Crippen LogP contribution is 2.22. The van der Waals surface area contributed by atoms with Gasteiger partial charge in [0.2, 0.25) is 0 Å². The molecule has 186 valence electrons. The topological polar surface area (TPSA) is 52.6 Å². The van der Waals surface area contributed by atoms with Gasteiger partial charge in [0.25, 0.3) is 0 Å². The first-order valence-corrected chi connectivity index (χ1v) is 13.7. The molecule has 2 fully saturated rings. The van der Waals surface area contributed by atoms with Crippen molar-refractivity contribution in [3.63, 3.8) is 0 Å². The first kappa shape index (κ1) is 27.1. The van der Waals surface area contributed by atoms with Crippen LogP contribution in [0.1, 0.15) is 117 Å². The van der Waals surface area contributed by atoms with Crippen molar-refractivity contribution in [3.8, 4) is 0 Å². The summed E-state index contributed by atoms with van der Waals surface area (Å²) in [5, 5.41) is 0. The maximum Gasteiger partial charge on any atom is 0.366 e. The highest BCUT2D eigenvalue weighted by Gasteiger charge is 2.34. The van der Waals surface area contributed by atoms with Gasteiger partial charge in [-0.05, 0) is 39.5 Å². The maximum atomic E-state index is 12.2. The van der Waals surface area contributed by atoms with E-state index in [0.717, 1.165) is 65.0 Å². The zero-order valence-electron chi connectivity index (χ0n) is 21.1. The number of hydrogen-bond donors (Lipinski definition) is 0. The molecular weight excluding hydrogens is 404 g/mol. The molecule has 0 saturated carbocycles. The number of hydrogen-bond acceptors (Lipinski definition) is 4. The third-order valence-corrected chi connectivity index (χ3v) is 7.52. The van der Waals surface area contributed by atoms with E-state index in [9.17, 15) is 9.59 Å². The van der Waals surface area contributed by atoms with E-state index in [4.69, 9.17) is 9.68 Å². The smallest absolute Gasteiger partial charge is 0.277 e. The van der Waals surface area contributed by atoms with Gasteiger partial charge in [0, 0.05) is 25.7 Å². The van der Waals surface area contributed by atoms with Crippen LogP contribution in [0.3, 0.4) is 0 Å². The standard InChI is InChI=1S/C26H50N2O4/c1-3-27(21-15-11-16-22-27)31-25(29)19-13-9-7-5-6-8-10-14-20-26(30)32-28(4-2)23-17-12-18-24-28/h3-24H2,1-2H3/q+2. The number of unbranched alkanes of at least 4 members (excludes halogenated alkanes) is 7. The second-order valence-electron chi connectivity index (χ2n) is 10.0. The second kappa shape index (κ2) is 14.9. The van der Waals surface area contributed by atoms with Gasteiger partial charge in [-0.25, -0.2) is 9.59 Å². The molecule has 0 spiro atoms. The van der Waals surface area contributed by atoms with Crippen molar-refractivity contribution < 1.29 is 28.6 Å². The molecule has 0 amide bonds. The Labute approximate surface area is 196 Å². The summed E-state index contributed by atoms with van der Waals surface area (Å²) in [4.78, 5) is 36.1. The zero-order valence-corrected chi connectivity index (χ0v) is 21.1. The van der Waals surface area contributed by atoms with Crippen LogP contribution in [-0.2, 0) is 19.3 Å². The first-order valence-electron chi connectivity index (χ1n) is 13.7. The number of likely N-dealkylation sites (tertiary alicyclic amines) is 2. The quantitative estimate of drug-likeness (QED) is 0.230.